The molecule has 0 atom stereocenters. The average molecular weight is 417 g/mol. The third-order valence-corrected chi connectivity index (χ3v) is 5.24. The Bertz CT molecular complexity index is 842. The summed E-state index contributed by atoms with van der Waals surface area (Å²) in [6, 6.07) is 11.0. The molecule has 0 unspecified atom stereocenters. The van der Waals surface area contributed by atoms with Crippen LogP contribution in [0.3, 0.4) is 0 Å². The average Bonchev–Trinajstić information content (AvgIpc) is 2.59. The van der Waals surface area contributed by atoms with Gasteiger partial charge in [-0.25, -0.2) is 4.98 Å². The fourth-order valence-corrected chi connectivity index (χ4v) is 3.52. The zero-order valence-electron chi connectivity index (χ0n) is 14.0. The second kappa shape index (κ2) is 8.93. The standard InChI is InChI=1S/C19H17BrN2O2S/c1-12-17(13(2)23)10-15(11-21)19(22-12)25-9-3-4-18(24)14-5-7-16(20)8-6-14/h5-8,10H,3-4,9H2,1-2H3. The number of halogens is 1. The first-order chi connectivity index (χ1) is 11.9. The van der Waals surface area contributed by atoms with E-state index in [0.717, 1.165) is 4.47 Å². The van der Waals surface area contributed by atoms with Crippen molar-refractivity contribution in [2.75, 3.05) is 5.75 Å². The number of aromatic nitrogens is 1. The number of hydrogen-bond acceptors (Lipinski definition) is 5. The van der Waals surface area contributed by atoms with E-state index in [1.165, 1.54) is 18.7 Å². The van der Waals surface area contributed by atoms with E-state index >= 15 is 0 Å². The quantitative estimate of drug-likeness (QED) is 0.361. The van der Waals surface area contributed by atoms with Crippen LogP contribution in [0.5, 0.6) is 0 Å². The number of carbonyl (C=O) groups is 2. The highest BCUT2D eigenvalue weighted by Crippen LogP contribution is 2.24. The highest BCUT2D eigenvalue weighted by Gasteiger charge is 2.13. The fraction of sp³-hybridized carbons (Fsp3) is 0.263. The van der Waals surface area contributed by atoms with Crippen LogP contribution in [-0.2, 0) is 0 Å². The van der Waals surface area contributed by atoms with Crippen molar-refractivity contribution < 1.29 is 9.59 Å². The van der Waals surface area contributed by atoms with Crippen LogP contribution in [-0.4, -0.2) is 22.3 Å². The number of nitrogens with zero attached hydrogens (tertiary/aromatic N) is 2. The third kappa shape index (κ3) is 5.25. The molecule has 0 amide bonds. The van der Waals surface area contributed by atoms with Crippen LogP contribution in [0.25, 0.3) is 0 Å². The molecule has 25 heavy (non-hydrogen) atoms. The van der Waals surface area contributed by atoms with Crippen LogP contribution < -0.4 is 0 Å². The number of aryl methyl sites for hydroxylation is 1. The summed E-state index contributed by atoms with van der Waals surface area (Å²) in [7, 11) is 0. The van der Waals surface area contributed by atoms with Gasteiger partial charge in [0, 0.05) is 27.7 Å². The maximum absolute atomic E-state index is 12.1. The summed E-state index contributed by atoms with van der Waals surface area (Å²) in [5.74, 6) is 0.686. The molecule has 0 aliphatic carbocycles. The van der Waals surface area contributed by atoms with Gasteiger partial charge in [0.15, 0.2) is 11.6 Å². The number of benzene rings is 1. The maximum atomic E-state index is 12.1. The minimum atomic E-state index is -0.0989. The van der Waals surface area contributed by atoms with Crippen molar-refractivity contribution in [1.82, 2.24) is 4.98 Å². The van der Waals surface area contributed by atoms with E-state index < -0.39 is 0 Å². The Hall–Kier alpha value is -1.97. The minimum absolute atomic E-state index is 0.0989. The van der Waals surface area contributed by atoms with Crippen molar-refractivity contribution >= 4 is 39.3 Å². The molecule has 0 N–H and O–H groups in total. The number of ketones is 2. The first kappa shape index (κ1) is 19.4. The fourth-order valence-electron chi connectivity index (χ4n) is 2.31. The Labute approximate surface area is 159 Å². The van der Waals surface area contributed by atoms with Crippen LogP contribution in [0, 0.1) is 18.3 Å². The van der Waals surface area contributed by atoms with Crippen LogP contribution in [0.4, 0.5) is 0 Å². The van der Waals surface area contributed by atoms with Gasteiger partial charge in [-0.2, -0.15) is 5.26 Å². The molecule has 1 heterocycles. The zero-order chi connectivity index (χ0) is 18.4. The molecule has 0 aliphatic heterocycles. The Balaban J connectivity index is 1.94. The smallest absolute Gasteiger partial charge is 0.162 e. The van der Waals surface area contributed by atoms with E-state index in [1.54, 1.807) is 25.1 Å². The van der Waals surface area contributed by atoms with E-state index in [-0.39, 0.29) is 11.6 Å². The van der Waals surface area contributed by atoms with Gasteiger partial charge in [0.05, 0.1) is 5.56 Å². The molecule has 2 rings (SSSR count). The lowest BCUT2D eigenvalue weighted by atomic mass is 10.1. The summed E-state index contributed by atoms with van der Waals surface area (Å²) < 4.78 is 0.944. The van der Waals surface area contributed by atoms with E-state index in [2.05, 4.69) is 27.0 Å². The Morgan fingerprint density at radius 3 is 2.56 bits per heavy atom. The van der Waals surface area contributed by atoms with Gasteiger partial charge in [0.2, 0.25) is 0 Å². The Kier molecular flexibility index (Phi) is 6.91. The van der Waals surface area contributed by atoms with Crippen molar-refractivity contribution in [1.29, 1.82) is 5.26 Å². The second-order valence-electron chi connectivity index (χ2n) is 5.52. The summed E-state index contributed by atoms with van der Waals surface area (Å²) in [6.45, 7) is 3.23. The molecular formula is C19H17BrN2O2S. The van der Waals surface area contributed by atoms with Crippen LogP contribution in [0.1, 0.15) is 51.7 Å². The topological polar surface area (TPSA) is 70.8 Å². The highest BCUT2D eigenvalue weighted by molar-refractivity contribution is 9.10. The van der Waals surface area contributed by atoms with Crippen molar-refractivity contribution in [3.05, 3.63) is 57.2 Å². The van der Waals surface area contributed by atoms with E-state index in [4.69, 9.17) is 0 Å². The maximum Gasteiger partial charge on any atom is 0.162 e. The Morgan fingerprint density at radius 1 is 1.28 bits per heavy atom. The molecule has 0 saturated heterocycles. The number of hydrogen-bond donors (Lipinski definition) is 0. The molecule has 6 heteroatoms. The van der Waals surface area contributed by atoms with Crippen molar-refractivity contribution in [3.63, 3.8) is 0 Å². The number of pyridine rings is 1. The van der Waals surface area contributed by atoms with Gasteiger partial charge >= 0.3 is 0 Å². The summed E-state index contributed by atoms with van der Waals surface area (Å²) in [6.07, 6.45) is 1.14. The third-order valence-electron chi connectivity index (χ3n) is 3.63. The van der Waals surface area contributed by atoms with Gasteiger partial charge in [-0.1, -0.05) is 28.1 Å². The molecule has 128 valence electrons. The molecule has 0 radical (unpaired) electrons. The van der Waals surface area contributed by atoms with Crippen LogP contribution in [0.15, 0.2) is 39.8 Å². The summed E-state index contributed by atoms with van der Waals surface area (Å²) in [5.41, 5.74) is 2.21. The van der Waals surface area contributed by atoms with Gasteiger partial charge in [-0.05, 0) is 44.2 Å². The van der Waals surface area contributed by atoms with Gasteiger partial charge in [-0.3, -0.25) is 9.59 Å². The number of thioether (sulfide) groups is 1. The highest BCUT2D eigenvalue weighted by atomic mass is 79.9. The number of Topliss-reactive ketones (excluding diaryl/α,β-unsaturated/α-hetero) is 2. The van der Waals surface area contributed by atoms with E-state index in [1.807, 2.05) is 12.1 Å². The lowest BCUT2D eigenvalue weighted by Gasteiger charge is -2.07. The molecule has 4 nitrogen and oxygen atoms in total. The molecule has 0 saturated carbocycles. The molecule has 0 bridgehead atoms. The SMILES string of the molecule is CC(=O)c1cc(C#N)c(SCCCC(=O)c2ccc(Br)cc2)nc1C. The second-order valence-corrected chi connectivity index (χ2v) is 7.52. The minimum Gasteiger partial charge on any atom is -0.294 e. The molecule has 0 aliphatic rings. The lowest BCUT2D eigenvalue weighted by molar-refractivity contribution is 0.0980. The van der Waals surface area contributed by atoms with Crippen LogP contribution in [0.2, 0.25) is 0 Å². The Morgan fingerprint density at radius 2 is 1.96 bits per heavy atom. The number of rotatable bonds is 7. The first-order valence-corrected chi connectivity index (χ1v) is 9.54. The monoisotopic (exact) mass is 416 g/mol. The van der Waals surface area contributed by atoms with Gasteiger partial charge in [0.1, 0.15) is 11.1 Å². The van der Waals surface area contributed by atoms with E-state index in [9.17, 15) is 14.9 Å². The molecule has 0 spiro atoms. The van der Waals surface area contributed by atoms with E-state index in [0.29, 0.717) is 46.0 Å². The lowest BCUT2D eigenvalue weighted by Crippen LogP contribution is -2.03. The summed E-state index contributed by atoms with van der Waals surface area (Å²) in [5, 5.41) is 9.87. The first-order valence-electron chi connectivity index (χ1n) is 7.76. The van der Waals surface area contributed by atoms with Gasteiger partial charge in [0.25, 0.3) is 0 Å². The van der Waals surface area contributed by atoms with Crippen LogP contribution >= 0.6 is 27.7 Å². The van der Waals surface area contributed by atoms with Crippen molar-refractivity contribution in [3.8, 4) is 6.07 Å². The van der Waals surface area contributed by atoms with Gasteiger partial charge < -0.3 is 0 Å². The number of carbonyl (C=O) groups excluding carboxylic acids is 2. The molecular weight excluding hydrogens is 400 g/mol. The predicted molar refractivity (Wildman–Crippen MR) is 102 cm³/mol. The summed E-state index contributed by atoms with van der Waals surface area (Å²) in [4.78, 5) is 28.1. The predicted octanol–water partition coefficient (Wildman–Crippen LogP) is 4.98. The largest absolute Gasteiger partial charge is 0.294 e. The van der Waals surface area contributed by atoms with Gasteiger partial charge in [-0.15, -0.1) is 11.8 Å². The van der Waals surface area contributed by atoms with Crippen molar-refractivity contribution in [2.45, 2.75) is 31.7 Å². The molecule has 0 fully saturated rings. The molecule has 1 aromatic heterocycles. The number of nitriles is 1. The zero-order valence-corrected chi connectivity index (χ0v) is 16.4. The molecule has 2 aromatic rings. The normalized spacial score (nSPS) is 10.3. The van der Waals surface area contributed by atoms with Crippen molar-refractivity contribution in [2.24, 2.45) is 0 Å². The molecule has 1 aromatic carbocycles. The summed E-state index contributed by atoms with van der Waals surface area (Å²) >= 11 is 4.79.